The number of aromatic nitrogens is 2. The zero-order valence-corrected chi connectivity index (χ0v) is 17.8. The molecular formula is C24H31N5O. The molecule has 1 amide bonds. The summed E-state index contributed by atoms with van der Waals surface area (Å²) in [5.41, 5.74) is 3.62. The number of piperazine rings is 1. The Kier molecular flexibility index (Phi) is 5.42. The summed E-state index contributed by atoms with van der Waals surface area (Å²) in [4.78, 5) is 27.4. The molecule has 6 heteroatoms. The van der Waals surface area contributed by atoms with Crippen molar-refractivity contribution in [1.82, 2.24) is 20.2 Å². The lowest BCUT2D eigenvalue weighted by molar-refractivity contribution is -0.137. The van der Waals surface area contributed by atoms with E-state index in [4.69, 9.17) is 9.97 Å². The van der Waals surface area contributed by atoms with E-state index in [1.165, 1.54) is 11.3 Å². The van der Waals surface area contributed by atoms with Crippen molar-refractivity contribution in [1.29, 1.82) is 0 Å². The summed E-state index contributed by atoms with van der Waals surface area (Å²) in [5.74, 6) is 2.44. The minimum atomic E-state index is 0.148. The highest BCUT2D eigenvalue weighted by Gasteiger charge is 2.32. The van der Waals surface area contributed by atoms with E-state index in [0.717, 1.165) is 82.0 Å². The van der Waals surface area contributed by atoms with Crippen molar-refractivity contribution in [2.75, 3.05) is 37.6 Å². The van der Waals surface area contributed by atoms with Gasteiger partial charge in [-0.05, 0) is 39.0 Å². The van der Waals surface area contributed by atoms with Crippen LogP contribution in [-0.2, 0) is 17.6 Å². The van der Waals surface area contributed by atoms with Crippen LogP contribution in [0.5, 0.6) is 0 Å². The number of amides is 1. The summed E-state index contributed by atoms with van der Waals surface area (Å²) in [7, 11) is 0. The summed E-state index contributed by atoms with van der Waals surface area (Å²) in [6.07, 6.45) is 5.09. The van der Waals surface area contributed by atoms with Gasteiger partial charge in [-0.25, -0.2) is 9.97 Å². The van der Waals surface area contributed by atoms with Crippen LogP contribution in [-0.4, -0.2) is 59.5 Å². The molecule has 2 saturated heterocycles. The molecule has 6 nitrogen and oxygen atoms in total. The Balaban J connectivity index is 1.32. The predicted molar refractivity (Wildman–Crippen MR) is 118 cm³/mol. The number of benzene rings is 1. The van der Waals surface area contributed by atoms with E-state index in [0.29, 0.717) is 11.9 Å². The maximum atomic E-state index is 13.0. The number of fused-ring (bicyclic) bond motifs is 1. The van der Waals surface area contributed by atoms with Crippen molar-refractivity contribution in [3.63, 3.8) is 0 Å². The lowest BCUT2D eigenvalue weighted by Crippen LogP contribution is -2.53. The van der Waals surface area contributed by atoms with Gasteiger partial charge in [0.25, 0.3) is 0 Å². The van der Waals surface area contributed by atoms with Crippen LogP contribution in [0.25, 0.3) is 11.4 Å². The molecule has 1 atom stereocenters. The van der Waals surface area contributed by atoms with Gasteiger partial charge < -0.3 is 15.1 Å². The molecule has 30 heavy (non-hydrogen) atoms. The molecule has 1 aromatic carbocycles. The first-order valence-electron chi connectivity index (χ1n) is 11.4. The number of nitrogens with zero attached hydrogens (tertiary/aromatic N) is 4. The van der Waals surface area contributed by atoms with Gasteiger partial charge in [-0.1, -0.05) is 30.3 Å². The number of hydrogen-bond donors (Lipinski definition) is 1. The summed E-state index contributed by atoms with van der Waals surface area (Å²) in [5, 5.41) is 3.42. The van der Waals surface area contributed by atoms with Crippen molar-refractivity contribution < 1.29 is 4.79 Å². The number of carbonyl (C=O) groups is 1. The Morgan fingerprint density at radius 3 is 2.63 bits per heavy atom. The van der Waals surface area contributed by atoms with E-state index in [1.54, 1.807) is 0 Å². The van der Waals surface area contributed by atoms with Crippen molar-refractivity contribution in [2.24, 2.45) is 5.92 Å². The molecule has 158 valence electrons. The largest absolute Gasteiger partial charge is 0.356 e. The Labute approximate surface area is 178 Å². The third-order valence-electron chi connectivity index (χ3n) is 6.77. The monoisotopic (exact) mass is 405 g/mol. The topological polar surface area (TPSA) is 61.4 Å². The molecule has 1 N–H and O–H groups in total. The first-order chi connectivity index (χ1) is 14.7. The van der Waals surface area contributed by atoms with Gasteiger partial charge in [0.15, 0.2) is 5.82 Å². The molecule has 0 bridgehead atoms. The molecular weight excluding hydrogens is 374 g/mol. The highest BCUT2D eigenvalue weighted by molar-refractivity contribution is 5.79. The maximum absolute atomic E-state index is 13.0. The number of hydrogen-bond acceptors (Lipinski definition) is 5. The zero-order chi connectivity index (χ0) is 20.5. The molecule has 1 unspecified atom stereocenters. The molecule has 5 rings (SSSR count). The van der Waals surface area contributed by atoms with Gasteiger partial charge in [-0.3, -0.25) is 4.79 Å². The van der Waals surface area contributed by atoms with Crippen LogP contribution >= 0.6 is 0 Å². The van der Waals surface area contributed by atoms with Crippen molar-refractivity contribution in [2.45, 2.75) is 45.1 Å². The maximum Gasteiger partial charge on any atom is 0.225 e. The molecule has 0 spiro atoms. The molecule has 3 heterocycles. The Bertz CT molecular complexity index is 907. The number of nitrogens with one attached hydrogen (secondary N) is 1. The van der Waals surface area contributed by atoms with Gasteiger partial charge in [-0.15, -0.1) is 0 Å². The second kappa shape index (κ2) is 8.34. The van der Waals surface area contributed by atoms with Crippen LogP contribution in [0.2, 0.25) is 0 Å². The van der Waals surface area contributed by atoms with Crippen molar-refractivity contribution in [3.05, 3.63) is 41.6 Å². The second-order valence-corrected chi connectivity index (χ2v) is 8.92. The standard InChI is InChI=1S/C24H31N5O/c1-17-16-29(15-12-25-17)24(30)19-10-13-28(14-11-19)23-20-8-5-9-21(20)26-22(27-23)18-6-3-2-4-7-18/h2-4,6-7,17,19,25H,5,8-16H2,1H3. The molecule has 2 aliphatic heterocycles. The Morgan fingerprint density at radius 1 is 1.07 bits per heavy atom. The number of aryl methyl sites for hydroxylation is 1. The molecule has 1 aromatic heterocycles. The average Bonchev–Trinajstić information content (AvgIpc) is 3.27. The second-order valence-electron chi connectivity index (χ2n) is 8.92. The van der Waals surface area contributed by atoms with Crippen LogP contribution in [0.4, 0.5) is 5.82 Å². The fourth-order valence-corrected chi connectivity index (χ4v) is 5.12. The third-order valence-corrected chi connectivity index (χ3v) is 6.77. The van der Waals surface area contributed by atoms with Crippen LogP contribution in [0.1, 0.15) is 37.4 Å². The smallest absolute Gasteiger partial charge is 0.225 e. The minimum absolute atomic E-state index is 0.148. The van der Waals surface area contributed by atoms with E-state index >= 15 is 0 Å². The molecule has 3 aliphatic rings. The average molecular weight is 406 g/mol. The number of piperidine rings is 1. The van der Waals surface area contributed by atoms with Gasteiger partial charge >= 0.3 is 0 Å². The lowest BCUT2D eigenvalue weighted by atomic mass is 9.94. The zero-order valence-electron chi connectivity index (χ0n) is 17.8. The quantitative estimate of drug-likeness (QED) is 0.851. The van der Waals surface area contributed by atoms with E-state index in [2.05, 4.69) is 34.2 Å². The SMILES string of the molecule is CC1CN(C(=O)C2CCN(c3nc(-c4ccccc4)nc4c3CCC4)CC2)CCN1. The first-order valence-corrected chi connectivity index (χ1v) is 11.4. The van der Waals surface area contributed by atoms with Gasteiger partial charge in [0.05, 0.1) is 0 Å². The number of anilines is 1. The number of carbonyl (C=O) groups excluding carboxylic acids is 1. The Hall–Kier alpha value is -2.47. The lowest BCUT2D eigenvalue weighted by Gasteiger charge is -2.38. The van der Waals surface area contributed by atoms with Crippen LogP contribution in [0.15, 0.2) is 30.3 Å². The van der Waals surface area contributed by atoms with Gasteiger partial charge in [-0.2, -0.15) is 0 Å². The first kappa shape index (κ1) is 19.5. The van der Waals surface area contributed by atoms with Gasteiger partial charge in [0, 0.05) is 61.5 Å². The van der Waals surface area contributed by atoms with Crippen molar-refractivity contribution >= 4 is 11.7 Å². The normalized spacial score (nSPS) is 22.2. The molecule has 1 aliphatic carbocycles. The van der Waals surface area contributed by atoms with Crippen LogP contribution in [0.3, 0.4) is 0 Å². The number of rotatable bonds is 3. The van der Waals surface area contributed by atoms with Gasteiger partial charge in [0.1, 0.15) is 5.82 Å². The molecule has 0 saturated carbocycles. The highest BCUT2D eigenvalue weighted by Crippen LogP contribution is 2.33. The fourth-order valence-electron chi connectivity index (χ4n) is 5.12. The van der Waals surface area contributed by atoms with E-state index in [9.17, 15) is 4.79 Å². The molecule has 2 aromatic rings. The summed E-state index contributed by atoms with van der Waals surface area (Å²) < 4.78 is 0. The third kappa shape index (κ3) is 3.81. The van der Waals surface area contributed by atoms with Crippen LogP contribution in [0, 0.1) is 5.92 Å². The summed E-state index contributed by atoms with van der Waals surface area (Å²) in [6, 6.07) is 10.7. The van der Waals surface area contributed by atoms with Crippen molar-refractivity contribution in [3.8, 4) is 11.4 Å². The predicted octanol–water partition coefficient (Wildman–Crippen LogP) is 2.67. The summed E-state index contributed by atoms with van der Waals surface area (Å²) in [6.45, 7) is 6.52. The molecule has 2 fully saturated rings. The fraction of sp³-hybridized carbons (Fsp3) is 0.542. The van der Waals surface area contributed by atoms with E-state index in [1.807, 2.05) is 18.2 Å². The highest BCUT2D eigenvalue weighted by atomic mass is 16.2. The molecule has 0 radical (unpaired) electrons. The van der Waals surface area contributed by atoms with Gasteiger partial charge in [0.2, 0.25) is 5.91 Å². The summed E-state index contributed by atoms with van der Waals surface area (Å²) >= 11 is 0. The van der Waals surface area contributed by atoms with Crippen LogP contribution < -0.4 is 10.2 Å². The Morgan fingerprint density at radius 2 is 1.87 bits per heavy atom. The van der Waals surface area contributed by atoms with E-state index < -0.39 is 0 Å². The minimum Gasteiger partial charge on any atom is -0.356 e. The van der Waals surface area contributed by atoms with E-state index in [-0.39, 0.29) is 5.92 Å².